The fourth-order valence-corrected chi connectivity index (χ4v) is 6.08. The average molecular weight is 442 g/mol. The first-order valence-corrected chi connectivity index (χ1v) is 12.3. The van der Waals surface area contributed by atoms with E-state index in [-0.39, 0.29) is 23.1 Å². The van der Waals surface area contributed by atoms with Crippen LogP contribution in [-0.2, 0) is 15.1 Å². The first kappa shape index (κ1) is 23.1. The number of esters is 1. The summed E-state index contributed by atoms with van der Waals surface area (Å²) in [7, 11) is 5.80. The summed E-state index contributed by atoms with van der Waals surface area (Å²) in [6.07, 6.45) is 8.95. The summed E-state index contributed by atoms with van der Waals surface area (Å²) in [6, 6.07) is 11.0. The van der Waals surface area contributed by atoms with Gasteiger partial charge in [0.25, 0.3) is 0 Å². The molecular formula is C26H39N3O3. The van der Waals surface area contributed by atoms with Gasteiger partial charge in [-0.3, -0.25) is 9.69 Å². The maximum Gasteiger partial charge on any atom is 0.320 e. The third-order valence-electron chi connectivity index (χ3n) is 8.44. The molecule has 1 aliphatic heterocycles. The third-order valence-corrected chi connectivity index (χ3v) is 8.44. The SMILES string of the molecule is COC(=O)CCCN1C[C@]2(CC[C@](c3ccccc3)(N(C)C)CC2)N(CC2CCC2)C1=O. The van der Waals surface area contributed by atoms with Crippen LogP contribution in [0.2, 0.25) is 0 Å². The molecule has 32 heavy (non-hydrogen) atoms. The van der Waals surface area contributed by atoms with E-state index >= 15 is 0 Å². The van der Waals surface area contributed by atoms with Gasteiger partial charge in [-0.15, -0.1) is 0 Å². The summed E-state index contributed by atoms with van der Waals surface area (Å²) in [5, 5.41) is 0. The number of amides is 2. The largest absolute Gasteiger partial charge is 0.469 e. The van der Waals surface area contributed by atoms with Crippen molar-refractivity contribution in [2.75, 3.05) is 40.8 Å². The molecule has 4 rings (SSSR count). The molecule has 1 aromatic rings. The lowest BCUT2D eigenvalue weighted by atomic mass is 9.68. The van der Waals surface area contributed by atoms with Gasteiger partial charge in [-0.05, 0) is 70.5 Å². The molecule has 176 valence electrons. The van der Waals surface area contributed by atoms with Crippen LogP contribution >= 0.6 is 0 Å². The normalized spacial score (nSPS) is 28.4. The molecule has 2 saturated carbocycles. The Morgan fingerprint density at radius 3 is 2.38 bits per heavy atom. The number of carbonyl (C=O) groups is 2. The Morgan fingerprint density at radius 1 is 1.12 bits per heavy atom. The van der Waals surface area contributed by atoms with Crippen molar-refractivity contribution in [3.8, 4) is 0 Å². The van der Waals surface area contributed by atoms with Gasteiger partial charge in [0.05, 0.1) is 12.6 Å². The molecule has 1 spiro atoms. The minimum Gasteiger partial charge on any atom is -0.469 e. The molecule has 0 radical (unpaired) electrons. The molecule has 1 saturated heterocycles. The molecule has 3 fully saturated rings. The zero-order valence-electron chi connectivity index (χ0n) is 20.0. The van der Waals surface area contributed by atoms with Crippen LogP contribution in [0.1, 0.15) is 63.4 Å². The van der Waals surface area contributed by atoms with Gasteiger partial charge in [-0.2, -0.15) is 0 Å². The van der Waals surface area contributed by atoms with Crippen LogP contribution in [0.3, 0.4) is 0 Å². The van der Waals surface area contributed by atoms with Gasteiger partial charge in [0.2, 0.25) is 0 Å². The Balaban J connectivity index is 1.51. The lowest BCUT2D eigenvalue weighted by Crippen LogP contribution is -2.56. The van der Waals surface area contributed by atoms with E-state index in [9.17, 15) is 9.59 Å². The van der Waals surface area contributed by atoms with Crippen LogP contribution < -0.4 is 0 Å². The third kappa shape index (κ3) is 4.26. The maximum atomic E-state index is 13.5. The van der Waals surface area contributed by atoms with Crippen molar-refractivity contribution in [2.45, 2.75) is 68.9 Å². The van der Waals surface area contributed by atoms with Crippen LogP contribution in [-0.4, -0.2) is 73.1 Å². The summed E-state index contributed by atoms with van der Waals surface area (Å²) in [6.45, 7) is 2.32. The fraction of sp³-hybridized carbons (Fsp3) is 0.692. The Kier molecular flexibility index (Phi) is 6.80. The highest BCUT2D eigenvalue weighted by atomic mass is 16.5. The second-order valence-electron chi connectivity index (χ2n) is 10.3. The quantitative estimate of drug-likeness (QED) is 0.566. The van der Waals surface area contributed by atoms with Gasteiger partial charge < -0.3 is 14.5 Å². The lowest BCUT2D eigenvalue weighted by molar-refractivity contribution is -0.140. The predicted molar refractivity (Wildman–Crippen MR) is 125 cm³/mol. The molecule has 0 bridgehead atoms. The average Bonchev–Trinajstić information content (AvgIpc) is 3.02. The fourth-order valence-electron chi connectivity index (χ4n) is 6.08. The van der Waals surface area contributed by atoms with E-state index in [1.165, 1.54) is 31.9 Å². The highest BCUT2D eigenvalue weighted by molar-refractivity contribution is 5.78. The van der Waals surface area contributed by atoms with Crippen molar-refractivity contribution in [1.82, 2.24) is 14.7 Å². The van der Waals surface area contributed by atoms with Crippen LogP contribution in [0, 0.1) is 5.92 Å². The second-order valence-corrected chi connectivity index (χ2v) is 10.3. The summed E-state index contributed by atoms with van der Waals surface area (Å²) in [5.74, 6) is 0.453. The highest BCUT2D eigenvalue weighted by Gasteiger charge is 2.54. The number of benzene rings is 1. The number of carbonyl (C=O) groups excluding carboxylic acids is 2. The second kappa shape index (κ2) is 9.42. The van der Waals surface area contributed by atoms with E-state index in [4.69, 9.17) is 4.74 Å². The minimum atomic E-state index is -0.200. The molecule has 2 aliphatic carbocycles. The molecular weight excluding hydrogens is 402 g/mol. The first-order chi connectivity index (χ1) is 15.4. The zero-order chi connectivity index (χ0) is 22.8. The predicted octanol–water partition coefficient (Wildman–Crippen LogP) is 4.25. The van der Waals surface area contributed by atoms with E-state index in [1.807, 2.05) is 4.90 Å². The van der Waals surface area contributed by atoms with Gasteiger partial charge in [-0.1, -0.05) is 36.8 Å². The van der Waals surface area contributed by atoms with E-state index in [0.29, 0.717) is 25.3 Å². The number of rotatable bonds is 8. The Labute approximate surface area is 192 Å². The van der Waals surface area contributed by atoms with Crippen molar-refractivity contribution >= 4 is 12.0 Å². The molecule has 1 heterocycles. The lowest BCUT2D eigenvalue weighted by Gasteiger charge is -2.51. The molecule has 0 aromatic heterocycles. The highest BCUT2D eigenvalue weighted by Crippen LogP contribution is 2.49. The Hall–Kier alpha value is -2.08. The smallest absolute Gasteiger partial charge is 0.320 e. The summed E-state index contributed by atoms with van der Waals surface area (Å²) < 4.78 is 4.78. The van der Waals surface area contributed by atoms with Crippen molar-refractivity contribution in [3.63, 3.8) is 0 Å². The van der Waals surface area contributed by atoms with Gasteiger partial charge in [0.15, 0.2) is 0 Å². The number of hydrogen-bond acceptors (Lipinski definition) is 4. The molecule has 0 atom stereocenters. The maximum absolute atomic E-state index is 13.5. The van der Waals surface area contributed by atoms with E-state index in [1.54, 1.807) is 0 Å². The molecule has 3 aliphatic rings. The Morgan fingerprint density at radius 2 is 1.81 bits per heavy atom. The van der Waals surface area contributed by atoms with E-state index in [0.717, 1.165) is 38.8 Å². The van der Waals surface area contributed by atoms with Crippen molar-refractivity contribution in [1.29, 1.82) is 0 Å². The van der Waals surface area contributed by atoms with Gasteiger partial charge in [-0.25, -0.2) is 4.79 Å². The van der Waals surface area contributed by atoms with Crippen molar-refractivity contribution < 1.29 is 14.3 Å². The Bertz CT molecular complexity index is 798. The minimum absolute atomic E-state index is 0.0238. The van der Waals surface area contributed by atoms with Crippen molar-refractivity contribution in [2.24, 2.45) is 5.92 Å². The summed E-state index contributed by atoms with van der Waals surface area (Å²) in [4.78, 5) is 31.7. The molecule has 2 amide bonds. The standard InChI is InChI=1S/C26H39N3O3/c1-27(2)26(22-11-5-4-6-12-22)16-14-25(15-17-26)20-28(18-8-13-23(30)32-3)24(31)29(25)19-21-9-7-10-21/h4-6,11-12,21H,7-10,13-20H2,1-3H3/t25-,26+. The number of hydrogen-bond donors (Lipinski definition) is 0. The molecule has 1 aromatic carbocycles. The van der Waals surface area contributed by atoms with E-state index < -0.39 is 0 Å². The van der Waals surface area contributed by atoms with Crippen LogP contribution in [0.4, 0.5) is 4.79 Å². The summed E-state index contributed by atoms with van der Waals surface area (Å²) in [5.41, 5.74) is 1.33. The van der Waals surface area contributed by atoms with Crippen LogP contribution in [0.25, 0.3) is 0 Å². The molecule has 6 heteroatoms. The van der Waals surface area contributed by atoms with Gasteiger partial charge in [0, 0.05) is 31.6 Å². The van der Waals surface area contributed by atoms with Gasteiger partial charge in [0.1, 0.15) is 0 Å². The van der Waals surface area contributed by atoms with Crippen LogP contribution in [0.5, 0.6) is 0 Å². The number of methoxy groups -OCH3 is 1. The molecule has 6 nitrogen and oxygen atoms in total. The first-order valence-electron chi connectivity index (χ1n) is 12.3. The number of nitrogens with zero attached hydrogens (tertiary/aromatic N) is 3. The summed E-state index contributed by atoms with van der Waals surface area (Å²) >= 11 is 0. The van der Waals surface area contributed by atoms with Crippen molar-refractivity contribution in [3.05, 3.63) is 35.9 Å². The monoisotopic (exact) mass is 441 g/mol. The van der Waals surface area contributed by atoms with Gasteiger partial charge >= 0.3 is 12.0 Å². The van der Waals surface area contributed by atoms with E-state index in [2.05, 4.69) is 54.2 Å². The molecule has 0 unspecified atom stereocenters. The molecule has 0 N–H and O–H groups in total. The topological polar surface area (TPSA) is 53.1 Å². The van der Waals surface area contributed by atoms with Crippen LogP contribution in [0.15, 0.2) is 30.3 Å². The zero-order valence-corrected chi connectivity index (χ0v) is 20.0. The number of ether oxygens (including phenoxy) is 1. The number of urea groups is 1.